The van der Waals surface area contributed by atoms with Crippen molar-refractivity contribution in [2.24, 2.45) is 0 Å². The van der Waals surface area contributed by atoms with Crippen LogP contribution in [0.3, 0.4) is 0 Å². The van der Waals surface area contributed by atoms with Crippen molar-refractivity contribution >= 4 is 9.04 Å². The van der Waals surface area contributed by atoms with Gasteiger partial charge in [-0.3, -0.25) is 0 Å². The molecule has 8 heavy (non-hydrogen) atoms. The Hall–Kier alpha value is -0.0831. The molecule has 0 aromatic carbocycles. The van der Waals surface area contributed by atoms with Gasteiger partial charge in [0.15, 0.2) is 9.04 Å². The van der Waals surface area contributed by atoms with Gasteiger partial charge in [0, 0.05) is 7.11 Å². The van der Waals surface area contributed by atoms with Crippen molar-refractivity contribution in [2.45, 2.75) is 19.0 Å². The Morgan fingerprint density at radius 2 is 2.38 bits per heavy atom. The number of rotatable bonds is 4. The van der Waals surface area contributed by atoms with E-state index >= 15 is 0 Å². The fourth-order valence-electron chi connectivity index (χ4n) is 0.615. The summed E-state index contributed by atoms with van der Waals surface area (Å²) in [4.78, 5) is 0. The average Bonchev–Trinajstić information content (AvgIpc) is 1.83. The third kappa shape index (κ3) is 2.99. The van der Waals surface area contributed by atoms with Crippen LogP contribution < -0.4 is 0 Å². The first kappa shape index (κ1) is 7.92. The molecule has 0 aliphatic heterocycles. The quantitative estimate of drug-likeness (QED) is 0.414. The molecule has 48 valence electrons. The van der Waals surface area contributed by atoms with Crippen LogP contribution >= 0.6 is 0 Å². The SMILES string of the molecule is C=CC[SiH](CC)OC. The molecule has 0 spiro atoms. The molecule has 1 atom stereocenters. The van der Waals surface area contributed by atoms with E-state index in [0.29, 0.717) is 0 Å². The lowest BCUT2D eigenvalue weighted by Gasteiger charge is -2.05. The van der Waals surface area contributed by atoms with Crippen LogP contribution in [-0.2, 0) is 4.43 Å². The molecule has 0 aromatic heterocycles. The lowest BCUT2D eigenvalue weighted by molar-refractivity contribution is 0.422. The van der Waals surface area contributed by atoms with Crippen LogP contribution in [0.2, 0.25) is 12.1 Å². The zero-order valence-corrected chi connectivity index (χ0v) is 6.84. The van der Waals surface area contributed by atoms with E-state index in [1.165, 1.54) is 6.04 Å². The summed E-state index contributed by atoms with van der Waals surface area (Å²) < 4.78 is 5.21. The number of hydrogen-bond acceptors (Lipinski definition) is 1. The maximum absolute atomic E-state index is 5.21. The molecule has 0 amide bonds. The standard InChI is InChI=1S/C6H14OSi/c1-4-6-8(5-2)7-3/h4,8H,1,5-6H2,2-3H3. The number of allylic oxidation sites excluding steroid dienone is 1. The minimum Gasteiger partial charge on any atom is -0.423 e. The molecular formula is C6H14OSi. The molecule has 0 aliphatic carbocycles. The molecule has 0 saturated carbocycles. The van der Waals surface area contributed by atoms with Crippen LogP contribution in [0.4, 0.5) is 0 Å². The van der Waals surface area contributed by atoms with E-state index < -0.39 is 9.04 Å². The fraction of sp³-hybridized carbons (Fsp3) is 0.667. The molecule has 0 heterocycles. The highest BCUT2D eigenvalue weighted by Gasteiger charge is 2.01. The minimum absolute atomic E-state index is 0.810. The molecule has 0 rings (SSSR count). The van der Waals surface area contributed by atoms with E-state index in [4.69, 9.17) is 4.43 Å². The molecule has 1 unspecified atom stereocenters. The first-order valence-corrected chi connectivity index (χ1v) is 5.09. The summed E-state index contributed by atoms with van der Waals surface area (Å²) in [5, 5.41) is 0. The zero-order chi connectivity index (χ0) is 6.41. The van der Waals surface area contributed by atoms with Crippen LogP contribution in [-0.4, -0.2) is 16.2 Å². The predicted octanol–water partition coefficient (Wildman–Crippen LogP) is 1.56. The Balaban J connectivity index is 3.20. The van der Waals surface area contributed by atoms with E-state index in [1.54, 1.807) is 7.11 Å². The molecule has 0 aliphatic rings. The average molecular weight is 130 g/mol. The maximum atomic E-state index is 5.21. The minimum atomic E-state index is -0.810. The highest BCUT2D eigenvalue weighted by Crippen LogP contribution is 1.98. The summed E-state index contributed by atoms with van der Waals surface area (Å²) in [5.41, 5.74) is 0. The maximum Gasteiger partial charge on any atom is 0.179 e. The van der Waals surface area contributed by atoms with Crippen molar-refractivity contribution in [1.82, 2.24) is 0 Å². The highest BCUT2D eigenvalue weighted by atomic mass is 28.3. The molecule has 0 fully saturated rings. The molecule has 0 bridgehead atoms. The van der Waals surface area contributed by atoms with Crippen LogP contribution in [0.25, 0.3) is 0 Å². The van der Waals surface area contributed by atoms with E-state index in [2.05, 4.69) is 13.5 Å². The summed E-state index contributed by atoms with van der Waals surface area (Å²) in [7, 11) is 0.985. The Bertz CT molecular complexity index is 59.5. The van der Waals surface area contributed by atoms with Gasteiger partial charge in [0.25, 0.3) is 0 Å². The first-order valence-electron chi connectivity index (χ1n) is 2.98. The summed E-state index contributed by atoms with van der Waals surface area (Å²) in [6, 6.07) is 2.32. The van der Waals surface area contributed by atoms with Gasteiger partial charge in [-0.15, -0.1) is 6.58 Å². The fourth-order valence-corrected chi connectivity index (χ4v) is 1.85. The van der Waals surface area contributed by atoms with Gasteiger partial charge in [-0.1, -0.05) is 13.0 Å². The third-order valence-electron chi connectivity index (χ3n) is 1.22. The van der Waals surface area contributed by atoms with Gasteiger partial charge < -0.3 is 4.43 Å². The lowest BCUT2D eigenvalue weighted by atomic mass is 10.8. The smallest absolute Gasteiger partial charge is 0.179 e. The van der Waals surface area contributed by atoms with Crippen molar-refractivity contribution in [3.63, 3.8) is 0 Å². The van der Waals surface area contributed by atoms with Crippen LogP contribution in [0, 0.1) is 0 Å². The largest absolute Gasteiger partial charge is 0.423 e. The van der Waals surface area contributed by atoms with Crippen LogP contribution in [0.15, 0.2) is 12.7 Å². The Labute approximate surface area is 53.1 Å². The summed E-state index contributed by atoms with van der Waals surface area (Å²) in [5.74, 6) is 0. The molecule has 0 N–H and O–H groups in total. The van der Waals surface area contributed by atoms with Crippen LogP contribution in [0.5, 0.6) is 0 Å². The topological polar surface area (TPSA) is 9.23 Å². The lowest BCUT2D eigenvalue weighted by Crippen LogP contribution is -2.11. The second-order valence-electron chi connectivity index (χ2n) is 1.79. The Morgan fingerprint density at radius 3 is 2.50 bits per heavy atom. The van der Waals surface area contributed by atoms with Crippen molar-refractivity contribution in [3.8, 4) is 0 Å². The van der Waals surface area contributed by atoms with Crippen LogP contribution in [0.1, 0.15) is 6.92 Å². The molecule has 2 heteroatoms. The van der Waals surface area contributed by atoms with E-state index in [-0.39, 0.29) is 0 Å². The summed E-state index contributed by atoms with van der Waals surface area (Å²) in [6.45, 7) is 5.82. The summed E-state index contributed by atoms with van der Waals surface area (Å²) >= 11 is 0. The van der Waals surface area contributed by atoms with E-state index in [0.717, 1.165) is 6.04 Å². The van der Waals surface area contributed by atoms with Gasteiger partial charge in [-0.25, -0.2) is 0 Å². The van der Waals surface area contributed by atoms with Gasteiger partial charge >= 0.3 is 0 Å². The molecule has 0 saturated heterocycles. The van der Waals surface area contributed by atoms with Gasteiger partial charge in [-0.05, 0) is 12.1 Å². The van der Waals surface area contributed by atoms with Crippen molar-refractivity contribution < 1.29 is 4.43 Å². The Morgan fingerprint density at radius 1 is 1.75 bits per heavy atom. The Kier molecular flexibility index (Phi) is 5.01. The van der Waals surface area contributed by atoms with Gasteiger partial charge in [0.1, 0.15) is 0 Å². The van der Waals surface area contributed by atoms with Gasteiger partial charge in [0.05, 0.1) is 0 Å². The number of hydrogen-bond donors (Lipinski definition) is 0. The highest BCUT2D eigenvalue weighted by molar-refractivity contribution is 6.52. The molecule has 0 radical (unpaired) electrons. The monoisotopic (exact) mass is 130 g/mol. The third-order valence-corrected chi connectivity index (χ3v) is 3.65. The van der Waals surface area contributed by atoms with Crippen molar-refractivity contribution in [1.29, 1.82) is 0 Å². The predicted molar refractivity (Wildman–Crippen MR) is 39.6 cm³/mol. The molecule has 1 nitrogen and oxygen atoms in total. The first-order chi connectivity index (χ1) is 3.85. The second kappa shape index (κ2) is 5.06. The zero-order valence-electron chi connectivity index (χ0n) is 5.68. The second-order valence-corrected chi connectivity index (χ2v) is 4.79. The van der Waals surface area contributed by atoms with Gasteiger partial charge in [0.2, 0.25) is 0 Å². The van der Waals surface area contributed by atoms with Crippen molar-refractivity contribution in [3.05, 3.63) is 12.7 Å². The normalized spacial score (nSPS) is 13.2. The van der Waals surface area contributed by atoms with Gasteiger partial charge in [-0.2, -0.15) is 0 Å². The molecular weight excluding hydrogens is 116 g/mol. The van der Waals surface area contributed by atoms with E-state index in [9.17, 15) is 0 Å². The molecule has 0 aromatic rings. The van der Waals surface area contributed by atoms with Crippen molar-refractivity contribution in [2.75, 3.05) is 7.11 Å². The summed E-state index contributed by atoms with van der Waals surface area (Å²) in [6.07, 6.45) is 1.95. The van der Waals surface area contributed by atoms with E-state index in [1.807, 2.05) is 6.08 Å².